The van der Waals surface area contributed by atoms with E-state index < -0.39 is 0 Å². The molecule has 1 heterocycles. The molecule has 0 aliphatic carbocycles. The Morgan fingerprint density at radius 1 is 0.659 bits per heavy atom. The van der Waals surface area contributed by atoms with E-state index in [1.807, 2.05) is 48.5 Å². The van der Waals surface area contributed by atoms with Crippen molar-refractivity contribution in [1.82, 2.24) is 4.90 Å². The highest BCUT2D eigenvalue weighted by Gasteiger charge is 2.17. The minimum atomic E-state index is -0.192. The number of piperazine rings is 1. The predicted octanol–water partition coefficient (Wildman–Crippen LogP) is 7.33. The number of nitrogens with one attached hydrogen (secondary N) is 1. The number of rotatable bonds is 12. The minimum absolute atomic E-state index is 0.0998. The summed E-state index contributed by atoms with van der Waals surface area (Å²) in [5, 5.41) is 3.14. The Morgan fingerprint density at radius 3 is 2.02 bits per heavy atom. The predicted molar refractivity (Wildman–Crippen MR) is 167 cm³/mol. The van der Waals surface area contributed by atoms with Gasteiger partial charge in [-0.1, -0.05) is 79.2 Å². The van der Waals surface area contributed by atoms with Gasteiger partial charge in [-0.05, 0) is 84.8 Å². The van der Waals surface area contributed by atoms with E-state index in [0.29, 0.717) is 6.42 Å². The molecule has 212 valence electrons. The fourth-order valence-electron chi connectivity index (χ4n) is 5.51. The standard InChI is InChI=1S/C36H40FN3O/c37-33-18-14-30(15-19-33)27-31-16-20-34(21-17-31)40-25-23-39(24-26-40)22-8-2-5-13-36(41)38-35-12-7-6-11-32(35)28-29-9-3-1-4-10-29/h1,3-4,6-7,9-12,14-21H,2,5,8,13,22-28H2,(H,38,41). The fraction of sp³-hybridized carbons (Fsp3) is 0.306. The molecule has 0 spiro atoms. The van der Waals surface area contributed by atoms with Crippen LogP contribution in [0.1, 0.15) is 47.9 Å². The van der Waals surface area contributed by atoms with Gasteiger partial charge in [0.15, 0.2) is 0 Å². The van der Waals surface area contributed by atoms with Crippen LogP contribution in [-0.2, 0) is 17.6 Å². The van der Waals surface area contributed by atoms with Crippen LogP contribution in [0.3, 0.4) is 0 Å². The van der Waals surface area contributed by atoms with Crippen LogP contribution in [0.5, 0.6) is 0 Å². The second-order valence-corrected chi connectivity index (χ2v) is 11.0. The van der Waals surface area contributed by atoms with Crippen LogP contribution in [0.4, 0.5) is 15.8 Å². The molecule has 4 aromatic carbocycles. The van der Waals surface area contributed by atoms with Gasteiger partial charge in [-0.15, -0.1) is 0 Å². The fourth-order valence-corrected chi connectivity index (χ4v) is 5.51. The van der Waals surface area contributed by atoms with Crippen LogP contribution in [0.2, 0.25) is 0 Å². The highest BCUT2D eigenvalue weighted by atomic mass is 19.1. The number of para-hydroxylation sites is 1. The van der Waals surface area contributed by atoms with E-state index in [0.717, 1.165) is 81.6 Å². The average Bonchev–Trinajstić information content (AvgIpc) is 3.00. The molecule has 1 aliphatic heterocycles. The molecule has 1 fully saturated rings. The third-order valence-corrected chi connectivity index (χ3v) is 7.90. The highest BCUT2D eigenvalue weighted by Crippen LogP contribution is 2.21. The third kappa shape index (κ3) is 8.76. The van der Waals surface area contributed by atoms with Crippen LogP contribution in [0.25, 0.3) is 0 Å². The summed E-state index contributed by atoms with van der Waals surface area (Å²) in [4.78, 5) is 17.6. The van der Waals surface area contributed by atoms with Crippen molar-refractivity contribution in [1.29, 1.82) is 0 Å². The van der Waals surface area contributed by atoms with Crippen molar-refractivity contribution in [2.75, 3.05) is 42.9 Å². The van der Waals surface area contributed by atoms with Gasteiger partial charge in [0, 0.05) is 44.0 Å². The maximum Gasteiger partial charge on any atom is 0.224 e. The van der Waals surface area contributed by atoms with Gasteiger partial charge in [0.2, 0.25) is 5.91 Å². The molecule has 4 nitrogen and oxygen atoms in total. The summed E-state index contributed by atoms with van der Waals surface area (Å²) in [7, 11) is 0. The van der Waals surface area contributed by atoms with E-state index in [2.05, 4.69) is 57.6 Å². The summed E-state index contributed by atoms with van der Waals surface area (Å²) >= 11 is 0. The Morgan fingerprint density at radius 2 is 1.29 bits per heavy atom. The Hall–Kier alpha value is -3.96. The molecule has 0 aromatic heterocycles. The molecule has 1 amide bonds. The molecule has 0 bridgehead atoms. The number of hydrogen-bond acceptors (Lipinski definition) is 3. The van der Waals surface area contributed by atoms with Gasteiger partial charge >= 0.3 is 0 Å². The van der Waals surface area contributed by atoms with Crippen molar-refractivity contribution >= 4 is 17.3 Å². The SMILES string of the molecule is O=C(CCCCCN1CCN(c2ccc(Cc3ccc(F)cc3)cc2)CC1)Nc1ccccc1Cc1ccccc1. The van der Waals surface area contributed by atoms with E-state index in [9.17, 15) is 9.18 Å². The number of carbonyl (C=O) groups excluding carboxylic acids is 1. The number of hydrogen-bond donors (Lipinski definition) is 1. The molecular weight excluding hydrogens is 509 g/mol. The van der Waals surface area contributed by atoms with E-state index in [-0.39, 0.29) is 11.7 Å². The Kier molecular flexibility index (Phi) is 10.2. The number of benzene rings is 4. The molecule has 0 unspecified atom stereocenters. The van der Waals surface area contributed by atoms with Crippen LogP contribution >= 0.6 is 0 Å². The summed E-state index contributed by atoms with van der Waals surface area (Å²) in [6.45, 7) is 5.28. The summed E-state index contributed by atoms with van der Waals surface area (Å²) in [5.74, 6) is -0.0920. The number of anilines is 2. The minimum Gasteiger partial charge on any atom is -0.369 e. The van der Waals surface area contributed by atoms with E-state index in [4.69, 9.17) is 0 Å². The lowest BCUT2D eigenvalue weighted by Crippen LogP contribution is -2.46. The number of halogens is 1. The van der Waals surface area contributed by atoms with Crippen molar-refractivity contribution in [3.05, 3.63) is 131 Å². The van der Waals surface area contributed by atoms with Crippen LogP contribution in [0.15, 0.2) is 103 Å². The quantitative estimate of drug-likeness (QED) is 0.188. The third-order valence-electron chi connectivity index (χ3n) is 7.90. The lowest BCUT2D eigenvalue weighted by Gasteiger charge is -2.36. The van der Waals surface area contributed by atoms with Gasteiger partial charge in [-0.2, -0.15) is 0 Å². The molecule has 0 saturated carbocycles. The lowest BCUT2D eigenvalue weighted by atomic mass is 10.0. The maximum atomic E-state index is 13.2. The average molecular weight is 550 g/mol. The van der Waals surface area contributed by atoms with E-state index >= 15 is 0 Å². The molecule has 4 aromatic rings. The smallest absolute Gasteiger partial charge is 0.224 e. The van der Waals surface area contributed by atoms with Gasteiger partial charge in [-0.3, -0.25) is 9.69 Å². The Bertz CT molecular complexity index is 1360. The number of nitrogens with zero attached hydrogens (tertiary/aromatic N) is 2. The van der Waals surface area contributed by atoms with Crippen LogP contribution in [0, 0.1) is 5.82 Å². The second-order valence-electron chi connectivity index (χ2n) is 11.0. The molecule has 41 heavy (non-hydrogen) atoms. The van der Waals surface area contributed by atoms with Gasteiger partial charge in [-0.25, -0.2) is 4.39 Å². The normalized spacial score (nSPS) is 13.7. The van der Waals surface area contributed by atoms with Gasteiger partial charge in [0.25, 0.3) is 0 Å². The molecule has 1 saturated heterocycles. The summed E-state index contributed by atoms with van der Waals surface area (Å²) in [6.07, 6.45) is 5.29. The van der Waals surface area contributed by atoms with Gasteiger partial charge in [0.05, 0.1) is 0 Å². The maximum absolute atomic E-state index is 13.2. The molecule has 5 heteroatoms. The molecule has 5 rings (SSSR count). The number of amides is 1. The molecule has 0 radical (unpaired) electrons. The first-order valence-electron chi connectivity index (χ1n) is 14.8. The first kappa shape index (κ1) is 28.6. The van der Waals surface area contributed by atoms with E-state index in [1.54, 1.807) is 0 Å². The van der Waals surface area contributed by atoms with Crippen molar-refractivity contribution in [2.24, 2.45) is 0 Å². The summed E-state index contributed by atoms with van der Waals surface area (Å²) in [6, 6.07) is 34.0. The summed E-state index contributed by atoms with van der Waals surface area (Å²) < 4.78 is 13.2. The highest BCUT2D eigenvalue weighted by molar-refractivity contribution is 5.91. The zero-order valence-electron chi connectivity index (χ0n) is 23.8. The van der Waals surface area contributed by atoms with Crippen molar-refractivity contribution in [2.45, 2.75) is 38.5 Å². The van der Waals surface area contributed by atoms with Crippen molar-refractivity contribution in [3.8, 4) is 0 Å². The van der Waals surface area contributed by atoms with Crippen LogP contribution < -0.4 is 10.2 Å². The number of carbonyl (C=O) groups is 1. The van der Waals surface area contributed by atoms with E-state index in [1.165, 1.54) is 28.9 Å². The molecule has 1 N–H and O–H groups in total. The second kappa shape index (κ2) is 14.6. The van der Waals surface area contributed by atoms with Crippen molar-refractivity contribution in [3.63, 3.8) is 0 Å². The molecule has 1 aliphatic rings. The Balaban J connectivity index is 0.972. The van der Waals surface area contributed by atoms with Crippen LogP contribution in [-0.4, -0.2) is 43.5 Å². The number of unbranched alkanes of at least 4 members (excludes halogenated alkanes) is 2. The lowest BCUT2D eigenvalue weighted by molar-refractivity contribution is -0.116. The zero-order chi connectivity index (χ0) is 28.3. The topological polar surface area (TPSA) is 35.6 Å². The first-order chi connectivity index (χ1) is 20.1. The largest absolute Gasteiger partial charge is 0.369 e. The van der Waals surface area contributed by atoms with Gasteiger partial charge in [0.1, 0.15) is 5.82 Å². The monoisotopic (exact) mass is 549 g/mol. The molecular formula is C36H40FN3O. The van der Waals surface area contributed by atoms with Gasteiger partial charge < -0.3 is 10.2 Å². The molecule has 0 atom stereocenters. The van der Waals surface area contributed by atoms with Crippen molar-refractivity contribution < 1.29 is 9.18 Å². The zero-order valence-corrected chi connectivity index (χ0v) is 23.8. The first-order valence-corrected chi connectivity index (χ1v) is 14.8. The Labute approximate surface area is 243 Å². The summed E-state index contributed by atoms with van der Waals surface area (Å²) in [5.41, 5.74) is 6.94.